The van der Waals surface area contributed by atoms with E-state index in [-0.39, 0.29) is 12.0 Å². The number of imidazole rings is 1. The Kier molecular flexibility index (Phi) is 5.34. The van der Waals surface area contributed by atoms with Gasteiger partial charge in [-0.1, -0.05) is 12.1 Å². The summed E-state index contributed by atoms with van der Waals surface area (Å²) >= 11 is 0. The summed E-state index contributed by atoms with van der Waals surface area (Å²) in [6, 6.07) is 15.2. The van der Waals surface area contributed by atoms with Crippen LogP contribution in [0.4, 0.5) is 0 Å². The van der Waals surface area contributed by atoms with E-state index in [4.69, 9.17) is 9.47 Å². The van der Waals surface area contributed by atoms with Gasteiger partial charge in [-0.3, -0.25) is 4.79 Å². The molecule has 27 heavy (non-hydrogen) atoms. The maximum atomic E-state index is 12.3. The van der Waals surface area contributed by atoms with Crippen LogP contribution < -0.4 is 10.1 Å². The summed E-state index contributed by atoms with van der Waals surface area (Å²) < 4.78 is 13.3. The minimum Gasteiger partial charge on any atom is -0.491 e. The van der Waals surface area contributed by atoms with Crippen molar-refractivity contribution in [1.82, 2.24) is 14.9 Å². The molecule has 140 valence electrons. The first-order chi connectivity index (χ1) is 13.3. The first-order valence-corrected chi connectivity index (χ1v) is 9.32. The largest absolute Gasteiger partial charge is 0.491 e. The van der Waals surface area contributed by atoms with Crippen LogP contribution in [0.2, 0.25) is 0 Å². The molecule has 4 rings (SSSR count). The highest BCUT2D eigenvalue weighted by atomic mass is 16.5. The molecule has 6 heteroatoms. The van der Waals surface area contributed by atoms with Crippen LogP contribution in [0.25, 0.3) is 11.0 Å². The molecular weight excluding hydrogens is 342 g/mol. The van der Waals surface area contributed by atoms with Crippen molar-refractivity contribution >= 4 is 16.9 Å². The Labute approximate surface area is 158 Å². The smallest absolute Gasteiger partial charge is 0.251 e. The second-order valence-electron chi connectivity index (χ2n) is 6.65. The minimum absolute atomic E-state index is 0.0925. The van der Waals surface area contributed by atoms with Gasteiger partial charge in [-0.05, 0) is 49.2 Å². The highest BCUT2D eigenvalue weighted by Crippen LogP contribution is 2.16. The van der Waals surface area contributed by atoms with Gasteiger partial charge in [0.05, 0.1) is 23.5 Å². The molecule has 1 atom stereocenters. The van der Waals surface area contributed by atoms with Crippen molar-refractivity contribution in [3.63, 3.8) is 0 Å². The van der Waals surface area contributed by atoms with Gasteiger partial charge in [-0.25, -0.2) is 4.98 Å². The lowest BCUT2D eigenvalue weighted by Crippen LogP contribution is -2.27. The van der Waals surface area contributed by atoms with Gasteiger partial charge in [-0.2, -0.15) is 0 Å². The fourth-order valence-corrected chi connectivity index (χ4v) is 3.25. The summed E-state index contributed by atoms with van der Waals surface area (Å²) in [7, 11) is 0. The van der Waals surface area contributed by atoms with E-state index in [2.05, 4.69) is 10.3 Å². The van der Waals surface area contributed by atoms with Crippen molar-refractivity contribution in [1.29, 1.82) is 0 Å². The number of aromatic nitrogens is 2. The van der Waals surface area contributed by atoms with Crippen LogP contribution in [-0.4, -0.2) is 41.3 Å². The maximum absolute atomic E-state index is 12.3. The molecule has 0 saturated carbocycles. The summed E-state index contributed by atoms with van der Waals surface area (Å²) in [5, 5.41) is 2.95. The molecule has 1 unspecified atom stereocenters. The molecule has 1 aromatic heterocycles. The van der Waals surface area contributed by atoms with Crippen LogP contribution in [0.3, 0.4) is 0 Å². The molecule has 6 nitrogen and oxygen atoms in total. The number of amides is 1. The second kappa shape index (κ2) is 8.22. The van der Waals surface area contributed by atoms with Gasteiger partial charge in [0.25, 0.3) is 5.91 Å². The first kappa shape index (κ1) is 17.5. The van der Waals surface area contributed by atoms with Crippen molar-refractivity contribution in [2.75, 3.05) is 19.8 Å². The second-order valence-corrected chi connectivity index (χ2v) is 6.65. The van der Waals surface area contributed by atoms with Gasteiger partial charge >= 0.3 is 0 Å². The van der Waals surface area contributed by atoms with E-state index in [0.29, 0.717) is 25.3 Å². The molecule has 1 aliphatic rings. The van der Waals surface area contributed by atoms with Crippen molar-refractivity contribution in [3.05, 3.63) is 60.4 Å². The lowest BCUT2D eigenvalue weighted by Gasteiger charge is -2.12. The van der Waals surface area contributed by atoms with Crippen LogP contribution in [0, 0.1) is 0 Å². The highest BCUT2D eigenvalue weighted by molar-refractivity contribution is 5.94. The van der Waals surface area contributed by atoms with E-state index in [9.17, 15) is 4.79 Å². The zero-order valence-corrected chi connectivity index (χ0v) is 15.1. The van der Waals surface area contributed by atoms with E-state index < -0.39 is 0 Å². The zero-order valence-electron chi connectivity index (χ0n) is 15.1. The number of ether oxygens (including phenoxy) is 2. The molecule has 3 aromatic rings. The number of carbonyl (C=O) groups is 1. The third-order valence-corrected chi connectivity index (χ3v) is 4.74. The molecule has 1 amide bonds. The molecule has 0 aliphatic carbocycles. The number of fused-ring (bicyclic) bond motifs is 1. The van der Waals surface area contributed by atoms with Crippen LogP contribution in [0.15, 0.2) is 54.9 Å². The predicted octanol–water partition coefficient (Wildman–Crippen LogP) is 3.02. The normalized spacial score (nSPS) is 16.5. The summed E-state index contributed by atoms with van der Waals surface area (Å²) in [6.45, 7) is 2.59. The van der Waals surface area contributed by atoms with Gasteiger partial charge in [0.15, 0.2) is 0 Å². The zero-order chi connectivity index (χ0) is 18.5. The van der Waals surface area contributed by atoms with Crippen molar-refractivity contribution < 1.29 is 14.3 Å². The molecular formula is C21H23N3O3. The molecule has 2 heterocycles. The first-order valence-electron chi connectivity index (χ1n) is 9.32. The Bertz CT molecular complexity index is 898. The third-order valence-electron chi connectivity index (χ3n) is 4.74. The fraction of sp³-hybridized carbons (Fsp3) is 0.333. The molecule has 0 radical (unpaired) electrons. The predicted molar refractivity (Wildman–Crippen MR) is 103 cm³/mol. The Hall–Kier alpha value is -2.86. The van der Waals surface area contributed by atoms with Crippen LogP contribution in [0.5, 0.6) is 5.75 Å². The molecule has 1 N–H and O–H groups in total. The molecule has 1 fully saturated rings. The number of para-hydroxylation sites is 2. The van der Waals surface area contributed by atoms with Gasteiger partial charge in [0.2, 0.25) is 0 Å². The molecule has 0 bridgehead atoms. The Morgan fingerprint density at radius 3 is 2.89 bits per heavy atom. The van der Waals surface area contributed by atoms with E-state index in [1.54, 1.807) is 18.5 Å². The number of nitrogens with one attached hydrogen (secondary N) is 1. The van der Waals surface area contributed by atoms with Crippen LogP contribution in [0.1, 0.15) is 23.2 Å². The number of carbonyl (C=O) groups excluding carboxylic acids is 1. The standard InChI is InChI=1S/C21H23N3O3/c25-21(22-11-12-24-15-23-19-5-1-2-6-20(19)24)16-7-9-17(10-8-16)27-14-18-4-3-13-26-18/h1-2,5-10,15,18H,3-4,11-14H2,(H,22,25). The molecule has 1 saturated heterocycles. The molecule has 2 aromatic carbocycles. The number of benzene rings is 2. The Balaban J connectivity index is 1.26. The van der Waals surface area contributed by atoms with E-state index in [1.165, 1.54) is 0 Å². The highest BCUT2D eigenvalue weighted by Gasteiger charge is 2.16. The van der Waals surface area contributed by atoms with E-state index in [0.717, 1.165) is 36.2 Å². The van der Waals surface area contributed by atoms with Gasteiger partial charge in [0, 0.05) is 25.3 Å². The average Bonchev–Trinajstić information content (AvgIpc) is 3.37. The molecule has 1 aliphatic heterocycles. The van der Waals surface area contributed by atoms with Gasteiger partial charge < -0.3 is 19.4 Å². The fourth-order valence-electron chi connectivity index (χ4n) is 3.25. The molecule has 0 spiro atoms. The van der Waals surface area contributed by atoms with Crippen molar-refractivity contribution in [2.24, 2.45) is 0 Å². The SMILES string of the molecule is O=C(NCCn1cnc2ccccc21)c1ccc(OCC2CCCO2)cc1. The topological polar surface area (TPSA) is 65.4 Å². The summed E-state index contributed by atoms with van der Waals surface area (Å²) in [6.07, 6.45) is 4.14. The van der Waals surface area contributed by atoms with Gasteiger partial charge in [-0.15, -0.1) is 0 Å². The number of nitrogens with zero attached hydrogens (tertiary/aromatic N) is 2. The Morgan fingerprint density at radius 1 is 1.22 bits per heavy atom. The van der Waals surface area contributed by atoms with E-state index in [1.807, 2.05) is 41.0 Å². The quantitative estimate of drug-likeness (QED) is 0.699. The van der Waals surface area contributed by atoms with Crippen molar-refractivity contribution in [3.8, 4) is 5.75 Å². The number of rotatable bonds is 7. The summed E-state index contributed by atoms with van der Waals surface area (Å²) in [5.74, 6) is 0.664. The lowest BCUT2D eigenvalue weighted by molar-refractivity contribution is 0.0679. The monoisotopic (exact) mass is 365 g/mol. The average molecular weight is 365 g/mol. The summed E-state index contributed by atoms with van der Waals surface area (Å²) in [5.41, 5.74) is 2.65. The van der Waals surface area contributed by atoms with E-state index >= 15 is 0 Å². The number of hydrogen-bond donors (Lipinski definition) is 1. The van der Waals surface area contributed by atoms with Crippen LogP contribution in [-0.2, 0) is 11.3 Å². The lowest BCUT2D eigenvalue weighted by atomic mass is 10.2. The summed E-state index contributed by atoms with van der Waals surface area (Å²) in [4.78, 5) is 16.7. The maximum Gasteiger partial charge on any atom is 0.251 e. The number of hydrogen-bond acceptors (Lipinski definition) is 4. The minimum atomic E-state index is -0.0925. The van der Waals surface area contributed by atoms with Crippen LogP contribution >= 0.6 is 0 Å². The Morgan fingerprint density at radius 2 is 2.07 bits per heavy atom. The third kappa shape index (κ3) is 4.28. The van der Waals surface area contributed by atoms with Crippen molar-refractivity contribution in [2.45, 2.75) is 25.5 Å². The van der Waals surface area contributed by atoms with Gasteiger partial charge in [0.1, 0.15) is 12.4 Å².